The fourth-order valence-electron chi connectivity index (χ4n) is 2.28. The van der Waals surface area contributed by atoms with Gasteiger partial charge in [-0.2, -0.15) is 0 Å². The predicted octanol–water partition coefficient (Wildman–Crippen LogP) is 3.47. The SMILES string of the molecule is COc1cc(Cl)c(CNC(=S)NC(=O)/C=C/c2ccc([N+](=O)[O-])cc2)cc1OC. The molecule has 0 atom stereocenters. The van der Waals surface area contributed by atoms with Crippen LogP contribution in [0.5, 0.6) is 11.5 Å². The number of amides is 1. The molecule has 0 aliphatic heterocycles. The lowest BCUT2D eigenvalue weighted by atomic mass is 10.2. The average molecular weight is 436 g/mol. The molecular formula is C19H18ClN3O5S. The molecule has 29 heavy (non-hydrogen) atoms. The molecule has 0 bridgehead atoms. The van der Waals surface area contributed by atoms with Gasteiger partial charge in [0.15, 0.2) is 16.6 Å². The van der Waals surface area contributed by atoms with Crippen LogP contribution in [-0.2, 0) is 11.3 Å². The van der Waals surface area contributed by atoms with Gasteiger partial charge in [0.1, 0.15) is 0 Å². The summed E-state index contributed by atoms with van der Waals surface area (Å²) >= 11 is 11.3. The van der Waals surface area contributed by atoms with E-state index in [2.05, 4.69) is 10.6 Å². The van der Waals surface area contributed by atoms with Crippen LogP contribution in [0.15, 0.2) is 42.5 Å². The average Bonchev–Trinajstić information content (AvgIpc) is 2.71. The highest BCUT2D eigenvalue weighted by atomic mass is 35.5. The second-order valence-corrected chi connectivity index (χ2v) is 6.47. The lowest BCUT2D eigenvalue weighted by Crippen LogP contribution is -2.38. The zero-order valence-electron chi connectivity index (χ0n) is 15.6. The van der Waals surface area contributed by atoms with Crippen LogP contribution in [-0.4, -0.2) is 30.2 Å². The first kappa shape index (κ1) is 22.1. The Balaban J connectivity index is 1.90. The third-order valence-electron chi connectivity index (χ3n) is 3.76. The summed E-state index contributed by atoms with van der Waals surface area (Å²) in [6.07, 6.45) is 2.80. The minimum absolute atomic E-state index is 0.0224. The summed E-state index contributed by atoms with van der Waals surface area (Å²) in [5.74, 6) is 0.586. The third-order valence-corrected chi connectivity index (χ3v) is 4.36. The standard InChI is InChI=1S/C19H18ClN3O5S/c1-27-16-9-13(15(20)10-17(16)28-2)11-21-19(29)22-18(24)8-5-12-3-6-14(7-4-12)23(25)26/h3-10H,11H2,1-2H3,(H2,21,22,24,29)/b8-5+. The Morgan fingerprint density at radius 3 is 2.41 bits per heavy atom. The highest BCUT2D eigenvalue weighted by Crippen LogP contribution is 2.32. The highest BCUT2D eigenvalue weighted by Gasteiger charge is 2.10. The number of non-ortho nitro benzene ring substituents is 1. The lowest BCUT2D eigenvalue weighted by molar-refractivity contribution is -0.384. The zero-order chi connectivity index (χ0) is 21.4. The van der Waals surface area contributed by atoms with Gasteiger partial charge in [-0.3, -0.25) is 20.2 Å². The van der Waals surface area contributed by atoms with E-state index in [4.69, 9.17) is 33.3 Å². The summed E-state index contributed by atoms with van der Waals surface area (Å²) < 4.78 is 10.4. The molecule has 2 N–H and O–H groups in total. The molecule has 1 amide bonds. The number of rotatable bonds is 7. The number of thiocarbonyl (C=S) groups is 1. The van der Waals surface area contributed by atoms with Crippen molar-refractivity contribution in [1.82, 2.24) is 10.6 Å². The number of nitro benzene ring substituents is 1. The molecule has 0 saturated heterocycles. The second-order valence-electron chi connectivity index (χ2n) is 5.65. The van der Waals surface area contributed by atoms with Gasteiger partial charge in [-0.15, -0.1) is 0 Å². The first-order chi connectivity index (χ1) is 13.8. The van der Waals surface area contributed by atoms with Gasteiger partial charge in [0.25, 0.3) is 5.69 Å². The molecule has 2 rings (SSSR count). The van der Waals surface area contributed by atoms with Crippen molar-refractivity contribution in [3.05, 3.63) is 68.7 Å². The number of nitrogens with one attached hydrogen (secondary N) is 2. The van der Waals surface area contributed by atoms with Crippen LogP contribution in [0.25, 0.3) is 6.08 Å². The van der Waals surface area contributed by atoms with Gasteiger partial charge in [-0.05, 0) is 47.6 Å². The van der Waals surface area contributed by atoms with Crippen LogP contribution in [0.2, 0.25) is 5.02 Å². The van der Waals surface area contributed by atoms with Crippen molar-refractivity contribution in [2.45, 2.75) is 6.54 Å². The zero-order valence-corrected chi connectivity index (χ0v) is 17.2. The molecule has 8 nitrogen and oxygen atoms in total. The number of nitro groups is 1. The number of nitrogens with zero attached hydrogens (tertiary/aromatic N) is 1. The van der Waals surface area contributed by atoms with Crippen molar-refractivity contribution in [3.8, 4) is 11.5 Å². The molecule has 0 aliphatic carbocycles. The van der Waals surface area contributed by atoms with Crippen molar-refractivity contribution in [3.63, 3.8) is 0 Å². The van der Waals surface area contributed by atoms with E-state index in [1.807, 2.05) is 0 Å². The number of ether oxygens (including phenoxy) is 2. The van der Waals surface area contributed by atoms with E-state index < -0.39 is 10.8 Å². The fraction of sp³-hybridized carbons (Fsp3) is 0.158. The first-order valence-electron chi connectivity index (χ1n) is 8.25. The van der Waals surface area contributed by atoms with E-state index in [0.717, 1.165) is 0 Å². The fourth-order valence-corrected chi connectivity index (χ4v) is 2.68. The Hall–Kier alpha value is -3.17. The van der Waals surface area contributed by atoms with E-state index in [9.17, 15) is 14.9 Å². The molecule has 152 valence electrons. The summed E-state index contributed by atoms with van der Waals surface area (Å²) in [6.45, 7) is 0.268. The van der Waals surface area contributed by atoms with Crippen LogP contribution in [0.1, 0.15) is 11.1 Å². The Kier molecular flexibility index (Phi) is 7.93. The number of methoxy groups -OCH3 is 2. The molecule has 0 aromatic heterocycles. The molecule has 2 aromatic carbocycles. The molecule has 0 aliphatic rings. The quantitative estimate of drug-likeness (QED) is 0.297. The molecule has 0 fully saturated rings. The topological polar surface area (TPSA) is 103 Å². The number of carbonyl (C=O) groups is 1. The van der Waals surface area contributed by atoms with E-state index in [1.165, 1.54) is 50.6 Å². The Morgan fingerprint density at radius 2 is 1.83 bits per heavy atom. The van der Waals surface area contributed by atoms with Gasteiger partial charge in [0, 0.05) is 35.8 Å². The smallest absolute Gasteiger partial charge is 0.269 e. The molecular weight excluding hydrogens is 418 g/mol. The maximum atomic E-state index is 12.0. The summed E-state index contributed by atoms with van der Waals surface area (Å²) in [4.78, 5) is 22.1. The second kappa shape index (κ2) is 10.4. The number of hydrogen-bond acceptors (Lipinski definition) is 6. The number of halogens is 1. The van der Waals surface area contributed by atoms with Crippen LogP contribution in [0, 0.1) is 10.1 Å². The molecule has 10 heteroatoms. The van der Waals surface area contributed by atoms with Crippen molar-refractivity contribution < 1.29 is 19.2 Å². The number of carbonyl (C=O) groups excluding carboxylic acids is 1. The van der Waals surface area contributed by atoms with Gasteiger partial charge in [0.2, 0.25) is 5.91 Å². The van der Waals surface area contributed by atoms with Crippen LogP contribution in [0.3, 0.4) is 0 Å². The van der Waals surface area contributed by atoms with Gasteiger partial charge in [-0.1, -0.05) is 11.6 Å². The van der Waals surface area contributed by atoms with Gasteiger partial charge >= 0.3 is 0 Å². The predicted molar refractivity (Wildman–Crippen MR) is 114 cm³/mol. The maximum absolute atomic E-state index is 12.0. The lowest BCUT2D eigenvalue weighted by Gasteiger charge is -2.13. The summed E-state index contributed by atoms with van der Waals surface area (Å²) in [5.41, 5.74) is 1.33. The third kappa shape index (κ3) is 6.44. The largest absolute Gasteiger partial charge is 0.493 e. The van der Waals surface area contributed by atoms with Crippen molar-refractivity contribution in [2.75, 3.05) is 14.2 Å². The number of hydrogen-bond donors (Lipinski definition) is 2. The van der Waals surface area contributed by atoms with Crippen molar-refractivity contribution in [2.24, 2.45) is 0 Å². The number of benzene rings is 2. The summed E-state index contributed by atoms with van der Waals surface area (Å²) in [6, 6.07) is 9.14. The minimum atomic E-state index is -0.491. The highest BCUT2D eigenvalue weighted by molar-refractivity contribution is 7.80. The maximum Gasteiger partial charge on any atom is 0.269 e. The first-order valence-corrected chi connectivity index (χ1v) is 9.04. The van der Waals surface area contributed by atoms with Crippen molar-refractivity contribution >= 4 is 46.6 Å². The Bertz CT molecular complexity index is 948. The van der Waals surface area contributed by atoms with Gasteiger partial charge in [0.05, 0.1) is 19.1 Å². The van der Waals surface area contributed by atoms with Crippen LogP contribution < -0.4 is 20.1 Å². The molecule has 0 spiro atoms. The molecule has 2 aromatic rings. The van der Waals surface area contributed by atoms with E-state index in [-0.39, 0.29) is 17.3 Å². The normalized spacial score (nSPS) is 10.4. The van der Waals surface area contributed by atoms with Crippen molar-refractivity contribution in [1.29, 1.82) is 0 Å². The van der Waals surface area contributed by atoms with Crippen LogP contribution in [0.4, 0.5) is 5.69 Å². The minimum Gasteiger partial charge on any atom is -0.493 e. The Labute approximate surface area is 177 Å². The molecule has 0 radical (unpaired) electrons. The summed E-state index contributed by atoms with van der Waals surface area (Å²) in [5, 5.41) is 16.6. The van der Waals surface area contributed by atoms with E-state index in [0.29, 0.717) is 27.6 Å². The molecule has 0 heterocycles. The van der Waals surface area contributed by atoms with Crippen LogP contribution >= 0.6 is 23.8 Å². The van der Waals surface area contributed by atoms with Gasteiger partial charge < -0.3 is 14.8 Å². The molecule has 0 unspecified atom stereocenters. The molecule has 0 saturated carbocycles. The summed E-state index contributed by atoms with van der Waals surface area (Å²) in [7, 11) is 3.03. The monoisotopic (exact) mass is 435 g/mol. The van der Waals surface area contributed by atoms with Gasteiger partial charge in [-0.25, -0.2) is 0 Å². The van der Waals surface area contributed by atoms with E-state index in [1.54, 1.807) is 12.1 Å². The van der Waals surface area contributed by atoms with E-state index >= 15 is 0 Å². The Morgan fingerprint density at radius 1 is 1.21 bits per heavy atom.